The Morgan fingerprint density at radius 1 is 1.23 bits per heavy atom. The van der Waals surface area contributed by atoms with Crippen LogP contribution in [0, 0.1) is 5.92 Å². The van der Waals surface area contributed by atoms with Gasteiger partial charge in [-0.15, -0.1) is 0 Å². The molecule has 22 heavy (non-hydrogen) atoms. The third-order valence-electron chi connectivity index (χ3n) is 4.23. The van der Waals surface area contributed by atoms with E-state index in [1.54, 1.807) is 12.1 Å². The van der Waals surface area contributed by atoms with Crippen LogP contribution in [0.4, 0.5) is 0 Å². The lowest BCUT2D eigenvalue weighted by Gasteiger charge is -2.30. The van der Waals surface area contributed by atoms with Gasteiger partial charge in [-0.2, -0.15) is 0 Å². The second-order valence-corrected chi connectivity index (χ2v) is 8.54. The second kappa shape index (κ2) is 7.42. The Morgan fingerprint density at radius 2 is 1.86 bits per heavy atom. The lowest BCUT2D eigenvalue weighted by Crippen LogP contribution is -2.45. The molecule has 1 aliphatic rings. The minimum absolute atomic E-state index is 0.341. The fraction of sp³-hybridized carbons (Fsp3) is 0.562. The summed E-state index contributed by atoms with van der Waals surface area (Å²) in [5.41, 5.74) is 1.01. The van der Waals surface area contributed by atoms with Gasteiger partial charge in [0.05, 0.1) is 4.90 Å². The van der Waals surface area contributed by atoms with Crippen LogP contribution in [-0.4, -0.2) is 25.8 Å². The molecule has 122 valence electrons. The molecular formula is C16H24N2O2S2. The van der Waals surface area contributed by atoms with Gasteiger partial charge in [-0.3, -0.25) is 0 Å². The quantitative estimate of drug-likeness (QED) is 0.825. The van der Waals surface area contributed by atoms with Crippen LogP contribution in [0.1, 0.15) is 38.2 Å². The molecule has 0 heterocycles. The van der Waals surface area contributed by atoms with Crippen LogP contribution in [-0.2, 0) is 16.4 Å². The van der Waals surface area contributed by atoms with E-state index in [2.05, 4.69) is 17.6 Å². The first-order valence-corrected chi connectivity index (χ1v) is 9.99. The van der Waals surface area contributed by atoms with E-state index in [0.29, 0.717) is 28.5 Å². The van der Waals surface area contributed by atoms with Crippen molar-refractivity contribution in [3.05, 3.63) is 29.8 Å². The van der Waals surface area contributed by atoms with Crippen molar-refractivity contribution in [2.75, 3.05) is 6.26 Å². The number of rotatable bonds is 4. The molecule has 0 amide bonds. The predicted molar refractivity (Wildman–Crippen MR) is 93.5 cm³/mol. The standard InChI is InChI=1S/C16H24N2O2S2/c1-12-5-3-4-6-15(12)18-16(21)17-11-13-7-9-14(10-8-13)22(2,19)20/h7-10,12,15H,3-6,11H2,1-2H3,(H2,17,18,21)/t12-,15+/m0/s1. The summed E-state index contributed by atoms with van der Waals surface area (Å²) in [7, 11) is -3.13. The Kier molecular flexibility index (Phi) is 5.81. The molecule has 1 aliphatic carbocycles. The van der Waals surface area contributed by atoms with Crippen molar-refractivity contribution in [3.8, 4) is 0 Å². The van der Waals surface area contributed by atoms with Gasteiger partial charge in [-0.05, 0) is 48.7 Å². The first-order valence-electron chi connectivity index (χ1n) is 7.69. The maximum atomic E-state index is 11.4. The van der Waals surface area contributed by atoms with E-state index < -0.39 is 9.84 Å². The Bertz CT molecular complexity index is 612. The number of nitrogens with one attached hydrogen (secondary N) is 2. The highest BCUT2D eigenvalue weighted by atomic mass is 32.2. The van der Waals surface area contributed by atoms with Crippen LogP contribution >= 0.6 is 12.2 Å². The summed E-state index contributed by atoms with van der Waals surface area (Å²) in [4.78, 5) is 0.341. The van der Waals surface area contributed by atoms with Gasteiger partial charge < -0.3 is 10.6 Å². The monoisotopic (exact) mass is 340 g/mol. The molecule has 0 unspecified atom stereocenters. The van der Waals surface area contributed by atoms with Crippen LogP contribution in [0.5, 0.6) is 0 Å². The molecule has 0 radical (unpaired) electrons. The van der Waals surface area contributed by atoms with Gasteiger partial charge in [0.25, 0.3) is 0 Å². The largest absolute Gasteiger partial charge is 0.360 e. The van der Waals surface area contributed by atoms with E-state index >= 15 is 0 Å². The van der Waals surface area contributed by atoms with Gasteiger partial charge in [0, 0.05) is 18.8 Å². The molecule has 2 N–H and O–H groups in total. The molecule has 0 aromatic heterocycles. The number of hydrogen-bond donors (Lipinski definition) is 2. The predicted octanol–water partition coefficient (Wildman–Crippen LogP) is 2.63. The van der Waals surface area contributed by atoms with E-state index in [0.717, 1.165) is 5.56 Å². The highest BCUT2D eigenvalue weighted by Crippen LogP contribution is 2.23. The van der Waals surface area contributed by atoms with Crippen molar-refractivity contribution in [1.82, 2.24) is 10.6 Å². The normalized spacial score (nSPS) is 22.1. The number of benzene rings is 1. The SMILES string of the molecule is C[C@H]1CCCC[C@H]1NC(=S)NCc1ccc(S(C)(=O)=O)cc1. The third-order valence-corrected chi connectivity index (χ3v) is 5.62. The molecule has 0 bridgehead atoms. The molecule has 0 spiro atoms. The number of hydrogen-bond acceptors (Lipinski definition) is 3. The smallest absolute Gasteiger partial charge is 0.175 e. The minimum atomic E-state index is -3.13. The zero-order valence-electron chi connectivity index (χ0n) is 13.1. The van der Waals surface area contributed by atoms with Crippen molar-refractivity contribution in [3.63, 3.8) is 0 Å². The molecule has 1 aromatic rings. The van der Waals surface area contributed by atoms with Crippen molar-refractivity contribution >= 4 is 27.2 Å². The minimum Gasteiger partial charge on any atom is -0.360 e. The van der Waals surface area contributed by atoms with E-state index in [-0.39, 0.29) is 0 Å². The molecule has 1 aromatic carbocycles. The van der Waals surface area contributed by atoms with Crippen LogP contribution in [0.3, 0.4) is 0 Å². The van der Waals surface area contributed by atoms with Crippen LogP contribution in [0.2, 0.25) is 0 Å². The summed E-state index contributed by atoms with van der Waals surface area (Å²) in [5, 5.41) is 7.27. The van der Waals surface area contributed by atoms with Gasteiger partial charge in [-0.1, -0.05) is 31.9 Å². The lowest BCUT2D eigenvalue weighted by atomic mass is 9.86. The molecule has 2 atom stereocenters. The van der Waals surface area contributed by atoms with Crippen molar-refractivity contribution in [2.24, 2.45) is 5.92 Å². The van der Waals surface area contributed by atoms with Crippen LogP contribution in [0.25, 0.3) is 0 Å². The first-order chi connectivity index (χ1) is 10.4. The highest BCUT2D eigenvalue weighted by Gasteiger charge is 2.21. The summed E-state index contributed by atoms with van der Waals surface area (Å²) >= 11 is 5.35. The Balaban J connectivity index is 1.83. The molecule has 0 aliphatic heterocycles. The summed E-state index contributed by atoms with van der Waals surface area (Å²) < 4.78 is 22.8. The zero-order valence-corrected chi connectivity index (χ0v) is 14.8. The third kappa shape index (κ3) is 4.95. The zero-order chi connectivity index (χ0) is 16.2. The summed E-state index contributed by atoms with van der Waals surface area (Å²) in [6.07, 6.45) is 6.22. The maximum absolute atomic E-state index is 11.4. The summed E-state index contributed by atoms with van der Waals surface area (Å²) in [5.74, 6) is 0.655. The van der Waals surface area contributed by atoms with Gasteiger partial charge in [0.2, 0.25) is 0 Å². The van der Waals surface area contributed by atoms with E-state index in [4.69, 9.17) is 12.2 Å². The van der Waals surface area contributed by atoms with Crippen molar-refractivity contribution in [1.29, 1.82) is 0 Å². The van der Waals surface area contributed by atoms with Gasteiger partial charge in [0.15, 0.2) is 14.9 Å². The average molecular weight is 341 g/mol. The molecule has 1 saturated carbocycles. The molecule has 0 saturated heterocycles. The van der Waals surface area contributed by atoms with Crippen LogP contribution in [0.15, 0.2) is 29.2 Å². The molecule has 6 heteroatoms. The summed E-state index contributed by atoms with van der Waals surface area (Å²) in [6, 6.07) is 7.35. The van der Waals surface area contributed by atoms with Crippen molar-refractivity contribution < 1.29 is 8.42 Å². The fourth-order valence-corrected chi connectivity index (χ4v) is 3.64. The molecular weight excluding hydrogens is 316 g/mol. The van der Waals surface area contributed by atoms with E-state index in [1.807, 2.05) is 12.1 Å². The Hall–Kier alpha value is -1.14. The maximum Gasteiger partial charge on any atom is 0.175 e. The van der Waals surface area contributed by atoms with Gasteiger partial charge in [-0.25, -0.2) is 8.42 Å². The average Bonchev–Trinajstić information content (AvgIpc) is 2.47. The van der Waals surface area contributed by atoms with Crippen molar-refractivity contribution in [2.45, 2.75) is 50.1 Å². The summed E-state index contributed by atoms with van der Waals surface area (Å²) in [6.45, 7) is 2.86. The van der Waals surface area contributed by atoms with E-state index in [9.17, 15) is 8.42 Å². The highest BCUT2D eigenvalue weighted by molar-refractivity contribution is 7.90. The van der Waals surface area contributed by atoms with Gasteiger partial charge in [0.1, 0.15) is 0 Å². The Morgan fingerprint density at radius 3 is 2.45 bits per heavy atom. The Labute approximate surface area is 138 Å². The van der Waals surface area contributed by atoms with E-state index in [1.165, 1.54) is 31.9 Å². The molecule has 2 rings (SSSR count). The molecule has 4 nitrogen and oxygen atoms in total. The molecule has 1 fully saturated rings. The first kappa shape index (κ1) is 17.2. The topological polar surface area (TPSA) is 58.2 Å². The fourth-order valence-electron chi connectivity index (χ4n) is 2.79. The van der Waals surface area contributed by atoms with Gasteiger partial charge >= 0.3 is 0 Å². The second-order valence-electron chi connectivity index (χ2n) is 6.11. The van der Waals surface area contributed by atoms with Crippen LogP contribution < -0.4 is 10.6 Å². The number of sulfone groups is 1. The lowest BCUT2D eigenvalue weighted by molar-refractivity contribution is 0.308. The number of thiocarbonyl (C=S) groups is 1.